The fourth-order valence-electron chi connectivity index (χ4n) is 1.69. The molecule has 0 spiro atoms. The normalized spacial score (nSPS) is 9.48. The quantitative estimate of drug-likeness (QED) is 0.304. The first kappa shape index (κ1) is 14.0. The van der Waals surface area contributed by atoms with E-state index in [1.54, 1.807) is 12.1 Å². The van der Waals surface area contributed by atoms with Crippen molar-refractivity contribution >= 4 is 5.91 Å². The number of amides is 1. The number of carbonyl (C=O) groups is 1. The zero-order valence-electron chi connectivity index (χ0n) is 10.7. The average Bonchev–Trinajstić information content (AvgIpc) is 2.90. The van der Waals surface area contributed by atoms with E-state index in [4.69, 9.17) is 21.9 Å². The minimum atomic E-state index is -0.749. The third-order valence-electron chi connectivity index (χ3n) is 2.61. The lowest BCUT2D eigenvalue weighted by molar-refractivity contribution is 0.0997. The third-order valence-corrected chi connectivity index (χ3v) is 2.61. The molecule has 0 aliphatic carbocycles. The third kappa shape index (κ3) is 3.12. The van der Waals surface area contributed by atoms with Crippen LogP contribution >= 0.6 is 0 Å². The van der Waals surface area contributed by atoms with Crippen LogP contribution in [-0.2, 0) is 6.61 Å². The van der Waals surface area contributed by atoms with Crippen molar-refractivity contribution in [1.82, 2.24) is 9.94 Å². The Morgan fingerprint density at radius 1 is 1.57 bits per heavy atom. The summed E-state index contributed by atoms with van der Waals surface area (Å²) in [6, 6.07) is 6.14. The Kier molecular flexibility index (Phi) is 4.09. The molecule has 0 radical (unpaired) electrons. The van der Waals surface area contributed by atoms with E-state index in [1.165, 1.54) is 18.3 Å². The minimum Gasteiger partial charge on any atom is -0.472 e. The van der Waals surface area contributed by atoms with Gasteiger partial charge in [-0.1, -0.05) is 23.2 Å². The summed E-state index contributed by atoms with van der Waals surface area (Å²) in [7, 11) is 0. The molecule has 0 aliphatic heterocycles. The van der Waals surface area contributed by atoms with Crippen LogP contribution in [0.15, 0.2) is 35.6 Å². The number of azide groups is 1. The molecule has 104 valence electrons. The first-order chi connectivity index (χ1) is 10.2. The number of hydrogen-bond donors (Lipinski definition) is 1. The zero-order chi connectivity index (χ0) is 15.2. The van der Waals surface area contributed by atoms with E-state index in [0.29, 0.717) is 16.0 Å². The Balaban J connectivity index is 2.33. The molecule has 0 saturated heterocycles. The minimum absolute atomic E-state index is 0.0561. The highest BCUT2D eigenvalue weighted by molar-refractivity contribution is 5.96. The predicted molar refractivity (Wildman–Crippen MR) is 71.6 cm³/mol. The lowest BCUT2D eigenvalue weighted by Crippen LogP contribution is -2.07. The zero-order valence-corrected chi connectivity index (χ0v) is 10.7. The van der Waals surface area contributed by atoms with E-state index in [1.807, 2.05) is 0 Å². The van der Waals surface area contributed by atoms with E-state index in [0.717, 1.165) is 0 Å². The van der Waals surface area contributed by atoms with Gasteiger partial charge in [-0.2, -0.15) is 0 Å². The summed E-state index contributed by atoms with van der Waals surface area (Å²) in [6.07, 6.45) is 6.67. The second kappa shape index (κ2) is 6.14. The summed E-state index contributed by atoms with van der Waals surface area (Å²) in [6.45, 7) is -0.0561. The van der Waals surface area contributed by atoms with Gasteiger partial charge in [-0.25, -0.2) is 0 Å². The van der Waals surface area contributed by atoms with E-state index in [9.17, 15) is 4.79 Å². The van der Waals surface area contributed by atoms with Crippen LogP contribution < -0.4 is 4.74 Å². The molecule has 0 saturated carbocycles. The summed E-state index contributed by atoms with van der Waals surface area (Å²) in [5.74, 6) is 1.84. The number of benzene rings is 1. The largest absolute Gasteiger partial charge is 0.472 e. The summed E-state index contributed by atoms with van der Waals surface area (Å²) >= 11 is 0. The Morgan fingerprint density at radius 3 is 3.00 bits per heavy atom. The van der Waals surface area contributed by atoms with Crippen molar-refractivity contribution < 1.29 is 14.7 Å². The molecule has 8 nitrogen and oxygen atoms in total. The number of nitrogens with zero attached hydrogens (tertiary/aromatic N) is 5. The van der Waals surface area contributed by atoms with Gasteiger partial charge in [0.2, 0.25) is 11.8 Å². The second-order valence-electron chi connectivity index (χ2n) is 3.83. The molecule has 1 N–H and O–H groups in total. The van der Waals surface area contributed by atoms with Crippen molar-refractivity contribution in [2.24, 2.45) is 5.11 Å². The summed E-state index contributed by atoms with van der Waals surface area (Å²) in [4.78, 5) is 14.8. The Bertz CT molecular complexity index is 768. The molecule has 0 unspecified atom stereocenters. The molecule has 1 aromatic carbocycles. The number of hydrogen-bond acceptors (Lipinski definition) is 4. The lowest BCUT2D eigenvalue weighted by Gasteiger charge is -2.09. The Labute approximate surface area is 119 Å². The number of terminal acetylenes is 1. The van der Waals surface area contributed by atoms with Crippen LogP contribution in [0, 0.1) is 12.3 Å². The molecule has 0 bridgehead atoms. The summed E-state index contributed by atoms with van der Waals surface area (Å²) < 4.78 is 5.35. The predicted octanol–water partition coefficient (Wildman–Crippen LogP) is 2.13. The van der Waals surface area contributed by atoms with Crippen LogP contribution in [0.25, 0.3) is 10.4 Å². The molecule has 0 aliphatic rings. The van der Waals surface area contributed by atoms with Gasteiger partial charge >= 0.3 is 0 Å². The number of carbonyl (C=O) groups excluding carboxylic acids is 1. The van der Waals surface area contributed by atoms with Crippen LogP contribution in [0.1, 0.15) is 21.5 Å². The van der Waals surface area contributed by atoms with E-state index in [-0.39, 0.29) is 18.1 Å². The maximum Gasteiger partial charge on any atom is 0.249 e. The van der Waals surface area contributed by atoms with Gasteiger partial charge in [0.1, 0.15) is 6.61 Å². The molecule has 1 aromatic heterocycles. The smallest absolute Gasteiger partial charge is 0.249 e. The van der Waals surface area contributed by atoms with Crippen molar-refractivity contribution in [2.75, 3.05) is 0 Å². The van der Waals surface area contributed by atoms with Gasteiger partial charge in [0.15, 0.2) is 0 Å². The number of ether oxygens (including phenoxy) is 1. The van der Waals surface area contributed by atoms with Gasteiger partial charge in [-0.15, -0.1) is 11.3 Å². The molecular weight excluding hydrogens is 274 g/mol. The van der Waals surface area contributed by atoms with Crippen molar-refractivity contribution in [3.63, 3.8) is 0 Å². The molecule has 1 amide bonds. The first-order valence-electron chi connectivity index (χ1n) is 5.71. The maximum absolute atomic E-state index is 11.7. The lowest BCUT2D eigenvalue weighted by atomic mass is 10.0. The van der Waals surface area contributed by atoms with Crippen LogP contribution in [-0.4, -0.2) is 21.1 Å². The van der Waals surface area contributed by atoms with E-state index >= 15 is 0 Å². The Morgan fingerprint density at radius 2 is 2.38 bits per heavy atom. The molecule has 2 aromatic rings. The topological polar surface area (TPSA) is 113 Å². The van der Waals surface area contributed by atoms with Crippen LogP contribution in [0.4, 0.5) is 0 Å². The van der Waals surface area contributed by atoms with Crippen LogP contribution in [0.3, 0.4) is 0 Å². The number of aromatic nitrogens is 2. The van der Waals surface area contributed by atoms with E-state index in [2.05, 4.69) is 21.0 Å². The van der Waals surface area contributed by atoms with Crippen LogP contribution in [0.2, 0.25) is 0 Å². The highest BCUT2D eigenvalue weighted by Gasteiger charge is 2.14. The molecule has 1 heterocycles. The molecule has 0 atom stereocenters. The molecule has 8 heteroatoms. The molecule has 0 fully saturated rings. The fraction of sp³-hybridized carbons (Fsp3) is 0.0769. The molecule has 2 rings (SSSR count). The van der Waals surface area contributed by atoms with Gasteiger partial charge in [-0.05, 0) is 16.7 Å². The van der Waals surface area contributed by atoms with Crippen molar-refractivity contribution in [3.05, 3.63) is 57.6 Å². The van der Waals surface area contributed by atoms with Crippen molar-refractivity contribution in [1.29, 1.82) is 0 Å². The highest BCUT2D eigenvalue weighted by Crippen LogP contribution is 2.18. The second-order valence-corrected chi connectivity index (χ2v) is 3.83. The average molecular weight is 283 g/mol. The van der Waals surface area contributed by atoms with Crippen molar-refractivity contribution in [2.45, 2.75) is 6.61 Å². The molecular formula is C13H9N5O3. The van der Waals surface area contributed by atoms with Gasteiger partial charge in [0, 0.05) is 27.7 Å². The summed E-state index contributed by atoms with van der Waals surface area (Å²) in [5, 5.41) is 15.7. The Hall–Kier alpha value is -3.43. The van der Waals surface area contributed by atoms with Gasteiger partial charge in [-0.3, -0.25) is 4.79 Å². The summed E-state index contributed by atoms with van der Waals surface area (Å²) in [5.41, 5.74) is 9.36. The number of rotatable bonds is 4. The van der Waals surface area contributed by atoms with Crippen molar-refractivity contribution in [3.8, 4) is 18.2 Å². The highest BCUT2D eigenvalue weighted by atomic mass is 16.5. The molecule has 21 heavy (non-hydrogen) atoms. The van der Waals surface area contributed by atoms with Gasteiger partial charge in [0.25, 0.3) is 0 Å². The standard InChI is InChI=1S/C13H9N5O3/c1-2-9-4-3-5-10(13(19)15-17-14)11(9)8-21-12-6-7-18(20)16-12/h1,3-7,20H,8H2. The fourth-order valence-corrected chi connectivity index (χ4v) is 1.69. The first-order valence-corrected chi connectivity index (χ1v) is 5.71. The monoisotopic (exact) mass is 283 g/mol. The maximum atomic E-state index is 11.7. The SMILES string of the molecule is C#Cc1cccc(C(=O)N=[N+]=[N-])c1COc1ccn(O)n1. The van der Waals surface area contributed by atoms with E-state index < -0.39 is 5.91 Å². The van der Waals surface area contributed by atoms with Gasteiger partial charge < -0.3 is 9.94 Å². The van der Waals surface area contributed by atoms with Gasteiger partial charge in [0.05, 0.1) is 6.20 Å². The van der Waals surface area contributed by atoms with Crippen LogP contribution in [0.5, 0.6) is 5.88 Å².